The van der Waals surface area contributed by atoms with Gasteiger partial charge in [-0.25, -0.2) is 0 Å². The van der Waals surface area contributed by atoms with Crippen molar-refractivity contribution >= 4 is 17.3 Å². The van der Waals surface area contributed by atoms with Gasteiger partial charge < -0.3 is 20.7 Å². The highest BCUT2D eigenvalue weighted by Crippen LogP contribution is 2.31. The summed E-state index contributed by atoms with van der Waals surface area (Å²) in [6.45, 7) is 3.50. The van der Waals surface area contributed by atoms with Gasteiger partial charge in [0.05, 0.1) is 0 Å². The van der Waals surface area contributed by atoms with Crippen LogP contribution in [0.25, 0.3) is 0 Å². The van der Waals surface area contributed by atoms with Gasteiger partial charge in [-0.2, -0.15) is 0 Å². The Morgan fingerprint density at radius 3 is 3.05 bits per heavy atom. The molecular formula is C14H17N5O2. The molecule has 0 radical (unpaired) electrons. The van der Waals surface area contributed by atoms with Crippen LogP contribution in [0.15, 0.2) is 18.2 Å². The van der Waals surface area contributed by atoms with E-state index in [1.807, 2.05) is 12.1 Å². The second-order valence-electron chi connectivity index (χ2n) is 5.14. The molecule has 0 unspecified atom stereocenters. The maximum Gasteiger partial charge on any atom is 0.407 e. The SMILES string of the molecule is Cc1nc([N+](=O)[O-])c(Nc2cccc3c2CCNC3)n1C. The predicted octanol–water partition coefficient (Wildman–Crippen LogP) is 2.03. The van der Waals surface area contributed by atoms with Gasteiger partial charge in [0.2, 0.25) is 11.6 Å². The number of fused-ring (bicyclic) bond motifs is 1. The third-order valence-electron chi connectivity index (χ3n) is 3.87. The molecule has 1 aliphatic rings. The van der Waals surface area contributed by atoms with E-state index < -0.39 is 4.92 Å². The molecule has 7 nitrogen and oxygen atoms in total. The molecule has 0 saturated heterocycles. The molecule has 2 aromatic rings. The molecule has 3 rings (SSSR count). The number of benzene rings is 1. The molecular weight excluding hydrogens is 270 g/mol. The average Bonchev–Trinajstić information content (AvgIpc) is 2.76. The number of imidazole rings is 1. The van der Waals surface area contributed by atoms with E-state index in [-0.39, 0.29) is 5.82 Å². The van der Waals surface area contributed by atoms with E-state index >= 15 is 0 Å². The molecule has 7 heteroatoms. The Morgan fingerprint density at radius 1 is 1.48 bits per heavy atom. The molecule has 1 aromatic carbocycles. The summed E-state index contributed by atoms with van der Waals surface area (Å²) in [6.07, 6.45) is 0.906. The molecule has 2 N–H and O–H groups in total. The molecule has 1 aromatic heterocycles. The minimum atomic E-state index is -0.452. The number of nitrogens with zero attached hydrogens (tertiary/aromatic N) is 3. The summed E-state index contributed by atoms with van der Waals surface area (Å²) in [6, 6.07) is 6.00. The van der Waals surface area contributed by atoms with Crippen LogP contribution in [-0.4, -0.2) is 21.0 Å². The molecule has 21 heavy (non-hydrogen) atoms. The zero-order valence-electron chi connectivity index (χ0n) is 12.0. The van der Waals surface area contributed by atoms with Crippen molar-refractivity contribution in [3.63, 3.8) is 0 Å². The smallest absolute Gasteiger partial charge is 0.358 e. The van der Waals surface area contributed by atoms with Crippen molar-refractivity contribution in [1.29, 1.82) is 0 Å². The topological polar surface area (TPSA) is 85.0 Å². The van der Waals surface area contributed by atoms with Crippen LogP contribution < -0.4 is 10.6 Å². The predicted molar refractivity (Wildman–Crippen MR) is 79.7 cm³/mol. The van der Waals surface area contributed by atoms with E-state index in [2.05, 4.69) is 21.7 Å². The minimum Gasteiger partial charge on any atom is -0.358 e. The lowest BCUT2D eigenvalue weighted by Gasteiger charge is -2.20. The van der Waals surface area contributed by atoms with Crippen molar-refractivity contribution in [1.82, 2.24) is 14.9 Å². The Morgan fingerprint density at radius 2 is 2.29 bits per heavy atom. The second-order valence-corrected chi connectivity index (χ2v) is 5.14. The maximum absolute atomic E-state index is 11.1. The van der Waals surface area contributed by atoms with Crippen molar-refractivity contribution in [2.24, 2.45) is 7.05 Å². The fraction of sp³-hybridized carbons (Fsp3) is 0.357. The van der Waals surface area contributed by atoms with Gasteiger partial charge in [0.1, 0.15) is 0 Å². The van der Waals surface area contributed by atoms with Crippen molar-refractivity contribution in [2.75, 3.05) is 11.9 Å². The van der Waals surface area contributed by atoms with Gasteiger partial charge in [0, 0.05) is 26.2 Å². The van der Waals surface area contributed by atoms with Gasteiger partial charge in [-0.1, -0.05) is 12.1 Å². The first-order chi connectivity index (χ1) is 10.1. The van der Waals surface area contributed by atoms with E-state index in [0.717, 1.165) is 25.2 Å². The van der Waals surface area contributed by atoms with Crippen LogP contribution in [0.4, 0.5) is 17.3 Å². The van der Waals surface area contributed by atoms with Crippen molar-refractivity contribution in [3.05, 3.63) is 45.3 Å². The summed E-state index contributed by atoms with van der Waals surface area (Å²) >= 11 is 0. The molecule has 0 amide bonds. The summed E-state index contributed by atoms with van der Waals surface area (Å²) in [7, 11) is 1.77. The molecule has 0 saturated carbocycles. The third kappa shape index (κ3) is 2.36. The van der Waals surface area contributed by atoms with E-state index in [0.29, 0.717) is 11.6 Å². The summed E-state index contributed by atoms with van der Waals surface area (Å²) in [5.41, 5.74) is 3.36. The molecule has 0 spiro atoms. The van der Waals surface area contributed by atoms with Gasteiger partial charge in [0.15, 0.2) is 0 Å². The second kappa shape index (κ2) is 5.17. The quantitative estimate of drug-likeness (QED) is 0.666. The van der Waals surface area contributed by atoms with Gasteiger partial charge in [-0.05, 0) is 40.1 Å². The molecule has 0 bridgehead atoms. The largest absolute Gasteiger partial charge is 0.407 e. The zero-order chi connectivity index (χ0) is 15.0. The Labute approximate surface area is 122 Å². The first-order valence-electron chi connectivity index (χ1n) is 6.84. The fourth-order valence-corrected chi connectivity index (χ4v) is 2.64. The Kier molecular flexibility index (Phi) is 3.34. The van der Waals surface area contributed by atoms with E-state index in [4.69, 9.17) is 0 Å². The normalized spacial score (nSPS) is 13.8. The van der Waals surface area contributed by atoms with Crippen LogP contribution in [0.5, 0.6) is 0 Å². The highest BCUT2D eigenvalue weighted by atomic mass is 16.6. The number of aryl methyl sites for hydroxylation is 1. The molecule has 2 heterocycles. The summed E-state index contributed by atoms with van der Waals surface area (Å²) in [4.78, 5) is 14.7. The first kappa shape index (κ1) is 13.6. The number of rotatable bonds is 3. The molecule has 1 aliphatic heterocycles. The van der Waals surface area contributed by atoms with Gasteiger partial charge >= 0.3 is 5.82 Å². The van der Waals surface area contributed by atoms with Crippen molar-refractivity contribution < 1.29 is 4.92 Å². The number of anilines is 2. The Hall–Kier alpha value is -2.41. The summed E-state index contributed by atoms with van der Waals surface area (Å²) < 4.78 is 1.71. The van der Waals surface area contributed by atoms with Crippen LogP contribution in [0.1, 0.15) is 17.0 Å². The monoisotopic (exact) mass is 287 g/mol. The zero-order valence-corrected chi connectivity index (χ0v) is 12.0. The fourth-order valence-electron chi connectivity index (χ4n) is 2.64. The molecule has 0 fully saturated rings. The lowest BCUT2D eigenvalue weighted by atomic mass is 9.99. The Bertz CT molecular complexity index is 708. The molecule has 110 valence electrons. The first-order valence-corrected chi connectivity index (χ1v) is 6.84. The standard InChI is InChI=1S/C14H17N5O2/c1-9-16-14(19(20)21)13(18(9)2)17-12-5-3-4-10-8-15-7-6-11(10)12/h3-5,15,17H,6-8H2,1-2H3. The average molecular weight is 287 g/mol. The van der Waals surface area contributed by atoms with Crippen LogP contribution in [0, 0.1) is 17.0 Å². The lowest BCUT2D eigenvalue weighted by molar-refractivity contribution is -0.388. The van der Waals surface area contributed by atoms with Crippen LogP contribution in [-0.2, 0) is 20.0 Å². The highest BCUT2D eigenvalue weighted by molar-refractivity contribution is 5.68. The van der Waals surface area contributed by atoms with E-state index in [1.54, 1.807) is 18.5 Å². The minimum absolute atomic E-state index is 0.137. The number of nitro groups is 1. The number of hydrogen-bond acceptors (Lipinski definition) is 5. The van der Waals surface area contributed by atoms with E-state index in [1.165, 1.54) is 11.1 Å². The Balaban J connectivity index is 2.03. The van der Waals surface area contributed by atoms with Crippen LogP contribution in [0.3, 0.4) is 0 Å². The lowest BCUT2D eigenvalue weighted by Crippen LogP contribution is -2.24. The highest BCUT2D eigenvalue weighted by Gasteiger charge is 2.24. The van der Waals surface area contributed by atoms with Gasteiger partial charge in [-0.3, -0.25) is 4.57 Å². The number of aromatic nitrogens is 2. The van der Waals surface area contributed by atoms with Crippen LogP contribution in [0.2, 0.25) is 0 Å². The summed E-state index contributed by atoms with van der Waals surface area (Å²) in [5.74, 6) is 0.890. The van der Waals surface area contributed by atoms with E-state index in [9.17, 15) is 10.1 Å². The van der Waals surface area contributed by atoms with Crippen molar-refractivity contribution in [3.8, 4) is 0 Å². The molecule has 0 atom stereocenters. The van der Waals surface area contributed by atoms with Gasteiger partial charge in [-0.15, -0.1) is 0 Å². The molecule has 0 aliphatic carbocycles. The van der Waals surface area contributed by atoms with Crippen LogP contribution >= 0.6 is 0 Å². The number of nitrogens with one attached hydrogen (secondary N) is 2. The van der Waals surface area contributed by atoms with Gasteiger partial charge in [0.25, 0.3) is 0 Å². The third-order valence-corrected chi connectivity index (χ3v) is 3.87. The summed E-state index contributed by atoms with van der Waals surface area (Å²) in [5, 5.41) is 17.7. The number of hydrogen-bond donors (Lipinski definition) is 2. The maximum atomic E-state index is 11.1. The van der Waals surface area contributed by atoms with Crippen molar-refractivity contribution in [2.45, 2.75) is 19.9 Å².